The summed E-state index contributed by atoms with van der Waals surface area (Å²) in [5.74, 6) is -0.578. The van der Waals surface area contributed by atoms with E-state index in [2.05, 4.69) is 5.16 Å². The van der Waals surface area contributed by atoms with Crippen molar-refractivity contribution in [3.8, 4) is 6.07 Å². The maximum absolute atomic E-state index is 11.3. The number of carbonyl (C=O) groups is 1. The highest BCUT2D eigenvalue weighted by Crippen LogP contribution is 2.00. The number of oxime groups is 1. The number of hydrogen-bond acceptors (Lipinski definition) is 4. The zero-order chi connectivity index (χ0) is 9.68. The molecule has 1 N–H and O–H groups in total. The summed E-state index contributed by atoms with van der Waals surface area (Å²) < 4.78 is 0. The van der Waals surface area contributed by atoms with Gasteiger partial charge in [0.05, 0.1) is 0 Å². The molecule has 1 aromatic carbocycles. The lowest BCUT2D eigenvalue weighted by Crippen LogP contribution is -2.11. The first-order chi connectivity index (χ1) is 6.29. The molecule has 0 unspecified atom stereocenters. The molecule has 1 rings (SSSR count). The van der Waals surface area contributed by atoms with Crippen LogP contribution in [0.5, 0.6) is 0 Å². The summed E-state index contributed by atoms with van der Waals surface area (Å²) in [5.41, 5.74) is -0.178. The second-order valence-corrected chi connectivity index (χ2v) is 2.26. The van der Waals surface area contributed by atoms with Crippen LogP contribution < -0.4 is 0 Å². The standard InChI is InChI=1S/C9H6N2O2/c10-6-8(11-13)9(12)7-4-2-1-3-5-7/h1-5,13H. The average Bonchev–Trinajstić information content (AvgIpc) is 2.21. The molecule has 0 aliphatic carbocycles. The largest absolute Gasteiger partial charge is 0.410 e. The molecule has 0 amide bonds. The van der Waals surface area contributed by atoms with Gasteiger partial charge in [-0.15, -0.1) is 0 Å². The smallest absolute Gasteiger partial charge is 0.227 e. The number of ketones is 1. The lowest BCUT2D eigenvalue weighted by atomic mass is 10.1. The van der Waals surface area contributed by atoms with Crippen LogP contribution in [0.3, 0.4) is 0 Å². The lowest BCUT2D eigenvalue weighted by molar-refractivity contribution is 0.106. The molecule has 4 heteroatoms. The van der Waals surface area contributed by atoms with Crippen molar-refractivity contribution < 1.29 is 10.0 Å². The Morgan fingerprint density at radius 1 is 1.38 bits per heavy atom. The molecule has 0 saturated carbocycles. The third kappa shape index (κ3) is 1.91. The van der Waals surface area contributed by atoms with Crippen LogP contribution in [0.15, 0.2) is 35.5 Å². The van der Waals surface area contributed by atoms with Gasteiger partial charge in [-0.1, -0.05) is 35.5 Å². The Balaban J connectivity index is 3.01. The third-order valence-electron chi connectivity index (χ3n) is 1.46. The van der Waals surface area contributed by atoms with Gasteiger partial charge >= 0.3 is 0 Å². The van der Waals surface area contributed by atoms with Crippen molar-refractivity contribution in [2.24, 2.45) is 5.16 Å². The summed E-state index contributed by atoms with van der Waals surface area (Å²) >= 11 is 0. The fraction of sp³-hybridized carbons (Fsp3) is 0. The van der Waals surface area contributed by atoms with Crippen LogP contribution in [0, 0.1) is 11.3 Å². The van der Waals surface area contributed by atoms with E-state index >= 15 is 0 Å². The molecular weight excluding hydrogens is 168 g/mol. The zero-order valence-corrected chi connectivity index (χ0v) is 6.64. The monoisotopic (exact) mass is 174 g/mol. The van der Waals surface area contributed by atoms with Gasteiger partial charge in [0.15, 0.2) is 0 Å². The van der Waals surface area contributed by atoms with Gasteiger partial charge in [0.1, 0.15) is 6.07 Å². The van der Waals surface area contributed by atoms with Crippen LogP contribution in [0.4, 0.5) is 0 Å². The molecule has 64 valence electrons. The van der Waals surface area contributed by atoms with E-state index in [0.29, 0.717) is 5.56 Å². The highest BCUT2D eigenvalue weighted by Gasteiger charge is 2.12. The van der Waals surface area contributed by atoms with Crippen molar-refractivity contribution in [2.75, 3.05) is 0 Å². The van der Waals surface area contributed by atoms with Gasteiger partial charge in [0, 0.05) is 5.56 Å². The first kappa shape index (κ1) is 8.94. The first-order valence-corrected chi connectivity index (χ1v) is 3.51. The van der Waals surface area contributed by atoms with E-state index in [1.54, 1.807) is 30.3 Å². The van der Waals surface area contributed by atoms with E-state index in [1.165, 1.54) is 6.07 Å². The fourth-order valence-corrected chi connectivity index (χ4v) is 0.845. The van der Waals surface area contributed by atoms with Gasteiger partial charge in [-0.3, -0.25) is 4.79 Å². The van der Waals surface area contributed by atoms with Crippen molar-refractivity contribution in [2.45, 2.75) is 0 Å². The van der Waals surface area contributed by atoms with E-state index in [4.69, 9.17) is 10.5 Å². The molecule has 1 aromatic rings. The number of hydrogen-bond donors (Lipinski definition) is 1. The number of rotatable bonds is 2. The average molecular weight is 174 g/mol. The molecule has 0 heterocycles. The molecule has 0 saturated heterocycles. The zero-order valence-electron chi connectivity index (χ0n) is 6.64. The summed E-state index contributed by atoms with van der Waals surface area (Å²) in [4.78, 5) is 11.3. The maximum Gasteiger partial charge on any atom is 0.227 e. The molecule has 0 aliphatic heterocycles. The Hall–Kier alpha value is -2.15. The number of Topliss-reactive ketones (excluding diaryl/α,β-unsaturated/α-hetero) is 1. The molecule has 0 spiro atoms. The quantitative estimate of drug-likeness (QED) is 0.317. The second-order valence-electron chi connectivity index (χ2n) is 2.26. The summed E-state index contributed by atoms with van der Waals surface area (Å²) in [6.07, 6.45) is 0. The highest BCUT2D eigenvalue weighted by atomic mass is 16.4. The fourth-order valence-electron chi connectivity index (χ4n) is 0.845. The molecule has 0 radical (unpaired) electrons. The normalized spacial score (nSPS) is 10.5. The lowest BCUT2D eigenvalue weighted by Gasteiger charge is -1.94. The first-order valence-electron chi connectivity index (χ1n) is 3.51. The van der Waals surface area contributed by atoms with E-state index in [1.807, 2.05) is 0 Å². The van der Waals surface area contributed by atoms with Crippen molar-refractivity contribution in [1.82, 2.24) is 0 Å². The van der Waals surface area contributed by atoms with Crippen molar-refractivity contribution in [3.63, 3.8) is 0 Å². The predicted octanol–water partition coefficient (Wildman–Crippen LogP) is 1.22. The summed E-state index contributed by atoms with van der Waals surface area (Å²) in [5, 5.41) is 19.3. The number of nitriles is 1. The van der Waals surface area contributed by atoms with Crippen molar-refractivity contribution in [3.05, 3.63) is 35.9 Å². The van der Waals surface area contributed by atoms with Crippen LogP contribution >= 0.6 is 0 Å². The van der Waals surface area contributed by atoms with E-state index in [0.717, 1.165) is 0 Å². The van der Waals surface area contributed by atoms with Gasteiger partial charge in [0.25, 0.3) is 0 Å². The Kier molecular flexibility index (Phi) is 2.77. The SMILES string of the molecule is N#CC(=NO)C(=O)c1ccccc1. The van der Waals surface area contributed by atoms with Crippen molar-refractivity contribution in [1.29, 1.82) is 5.26 Å². The number of benzene rings is 1. The second kappa shape index (κ2) is 4.02. The molecule has 0 atom stereocenters. The molecule has 0 aliphatic rings. The Bertz CT molecular complexity index is 376. The van der Waals surface area contributed by atoms with Gasteiger partial charge < -0.3 is 5.21 Å². The molecule has 0 aromatic heterocycles. The minimum Gasteiger partial charge on any atom is -0.410 e. The molecule has 0 fully saturated rings. The van der Waals surface area contributed by atoms with Crippen LogP contribution in [-0.2, 0) is 0 Å². The van der Waals surface area contributed by atoms with Crippen LogP contribution in [0.1, 0.15) is 10.4 Å². The molecular formula is C9H6N2O2. The predicted molar refractivity (Wildman–Crippen MR) is 45.6 cm³/mol. The minimum absolute atomic E-state index is 0.330. The van der Waals surface area contributed by atoms with Gasteiger partial charge in [-0.05, 0) is 0 Å². The maximum atomic E-state index is 11.3. The van der Waals surface area contributed by atoms with Gasteiger partial charge in [-0.2, -0.15) is 5.26 Å². The number of carbonyl (C=O) groups excluding carboxylic acids is 1. The van der Waals surface area contributed by atoms with E-state index < -0.39 is 11.5 Å². The van der Waals surface area contributed by atoms with Crippen LogP contribution in [-0.4, -0.2) is 16.7 Å². The van der Waals surface area contributed by atoms with E-state index in [-0.39, 0.29) is 0 Å². The van der Waals surface area contributed by atoms with E-state index in [9.17, 15) is 4.79 Å². The summed E-state index contributed by atoms with van der Waals surface area (Å²) in [6, 6.07) is 9.67. The van der Waals surface area contributed by atoms with Gasteiger partial charge in [-0.25, -0.2) is 0 Å². The summed E-state index contributed by atoms with van der Waals surface area (Å²) in [7, 11) is 0. The third-order valence-corrected chi connectivity index (χ3v) is 1.46. The Morgan fingerprint density at radius 3 is 2.46 bits per heavy atom. The molecule has 0 bridgehead atoms. The highest BCUT2D eigenvalue weighted by molar-refractivity contribution is 6.51. The van der Waals surface area contributed by atoms with Crippen molar-refractivity contribution >= 4 is 11.5 Å². The molecule has 4 nitrogen and oxygen atoms in total. The number of nitrogens with zero attached hydrogens (tertiary/aromatic N) is 2. The Labute approximate surface area is 74.7 Å². The summed E-state index contributed by atoms with van der Waals surface area (Å²) in [6.45, 7) is 0. The van der Waals surface area contributed by atoms with Gasteiger partial charge in [0.2, 0.25) is 11.5 Å². The Morgan fingerprint density at radius 2 is 2.00 bits per heavy atom. The molecule has 13 heavy (non-hydrogen) atoms. The van der Waals surface area contributed by atoms with Crippen LogP contribution in [0.2, 0.25) is 0 Å². The van der Waals surface area contributed by atoms with Crippen LogP contribution in [0.25, 0.3) is 0 Å². The topological polar surface area (TPSA) is 73.4 Å². The minimum atomic E-state index is -0.578.